The predicted molar refractivity (Wildman–Crippen MR) is 46.0 cm³/mol. The molecule has 0 atom stereocenters. The number of amides is 1. The highest BCUT2D eigenvalue weighted by Gasteiger charge is 2.28. The number of rotatable bonds is 3. The quantitative estimate of drug-likeness (QED) is 0.455. The van der Waals surface area contributed by atoms with Gasteiger partial charge >= 0.3 is 5.97 Å². The molecule has 1 aliphatic heterocycles. The van der Waals surface area contributed by atoms with Crippen LogP contribution in [-0.2, 0) is 14.3 Å². The number of hydrogen-bond acceptors (Lipinski definition) is 5. The van der Waals surface area contributed by atoms with E-state index in [0.717, 1.165) is 5.01 Å². The Bertz CT molecular complexity index is 329. The lowest BCUT2D eigenvalue weighted by molar-refractivity contribution is -0.135. The van der Waals surface area contributed by atoms with E-state index >= 15 is 0 Å². The molecule has 0 radical (unpaired) electrons. The molecule has 1 aliphatic rings. The molecule has 0 aromatic carbocycles. The molecule has 0 bridgehead atoms. The summed E-state index contributed by atoms with van der Waals surface area (Å²) in [5, 5.41) is 13.0. The number of nitriles is 1. The molecule has 0 N–H and O–H groups in total. The Kier molecular flexibility index (Phi) is 3.18. The first-order valence-electron chi connectivity index (χ1n) is 4.11. The molecule has 0 aromatic heterocycles. The molecule has 0 aromatic rings. The van der Waals surface area contributed by atoms with Crippen LogP contribution in [0.4, 0.5) is 0 Å². The van der Waals surface area contributed by atoms with Crippen LogP contribution in [0.5, 0.6) is 0 Å². The molecule has 6 heteroatoms. The molecule has 74 valence electrons. The molecule has 1 heterocycles. The molecule has 0 spiro atoms. The predicted octanol–water partition coefficient (Wildman–Crippen LogP) is -0.339. The van der Waals surface area contributed by atoms with Crippen molar-refractivity contribution in [2.45, 2.75) is 13.3 Å². The summed E-state index contributed by atoms with van der Waals surface area (Å²) in [6, 6.07) is 1.78. The van der Waals surface area contributed by atoms with Gasteiger partial charge in [-0.25, -0.2) is 9.80 Å². The van der Waals surface area contributed by atoms with Gasteiger partial charge in [0.2, 0.25) is 5.91 Å². The van der Waals surface area contributed by atoms with E-state index in [2.05, 4.69) is 9.84 Å². The fourth-order valence-corrected chi connectivity index (χ4v) is 0.989. The van der Waals surface area contributed by atoms with E-state index in [-0.39, 0.29) is 31.2 Å². The van der Waals surface area contributed by atoms with Gasteiger partial charge in [0.25, 0.3) is 0 Å². The van der Waals surface area contributed by atoms with Gasteiger partial charge in [-0.3, -0.25) is 4.79 Å². The Labute approximate surface area is 80.7 Å². The van der Waals surface area contributed by atoms with Gasteiger partial charge in [0.1, 0.15) is 6.54 Å². The first kappa shape index (κ1) is 10.2. The summed E-state index contributed by atoms with van der Waals surface area (Å²) < 4.78 is 4.67. The van der Waals surface area contributed by atoms with Crippen LogP contribution in [0.15, 0.2) is 5.10 Å². The second-order valence-corrected chi connectivity index (χ2v) is 2.55. The maximum Gasteiger partial charge on any atom is 0.355 e. The highest BCUT2D eigenvalue weighted by atomic mass is 16.5. The first-order chi connectivity index (χ1) is 6.69. The zero-order valence-electron chi connectivity index (χ0n) is 7.69. The van der Waals surface area contributed by atoms with Crippen LogP contribution < -0.4 is 0 Å². The van der Waals surface area contributed by atoms with Crippen LogP contribution in [0.25, 0.3) is 0 Å². The summed E-state index contributed by atoms with van der Waals surface area (Å²) in [7, 11) is 0. The third kappa shape index (κ3) is 2.07. The van der Waals surface area contributed by atoms with Crippen molar-refractivity contribution in [3.8, 4) is 6.07 Å². The third-order valence-electron chi connectivity index (χ3n) is 1.58. The van der Waals surface area contributed by atoms with Crippen molar-refractivity contribution in [1.29, 1.82) is 5.26 Å². The van der Waals surface area contributed by atoms with Crippen LogP contribution in [0.3, 0.4) is 0 Å². The average molecular weight is 195 g/mol. The number of nitrogens with zero attached hydrogens (tertiary/aromatic N) is 3. The Morgan fingerprint density at radius 3 is 3.07 bits per heavy atom. The summed E-state index contributed by atoms with van der Waals surface area (Å²) in [4.78, 5) is 22.3. The van der Waals surface area contributed by atoms with Crippen molar-refractivity contribution in [2.75, 3.05) is 13.2 Å². The fraction of sp³-hybridized carbons (Fsp3) is 0.500. The van der Waals surface area contributed by atoms with Crippen molar-refractivity contribution in [1.82, 2.24) is 5.01 Å². The highest BCUT2D eigenvalue weighted by Crippen LogP contribution is 2.08. The second-order valence-electron chi connectivity index (χ2n) is 2.55. The molecule has 1 rings (SSSR count). The van der Waals surface area contributed by atoms with Crippen molar-refractivity contribution in [3.63, 3.8) is 0 Å². The van der Waals surface area contributed by atoms with Gasteiger partial charge in [-0.05, 0) is 6.92 Å². The minimum atomic E-state index is -0.596. The molecule has 0 saturated heterocycles. The van der Waals surface area contributed by atoms with E-state index < -0.39 is 5.97 Å². The summed E-state index contributed by atoms with van der Waals surface area (Å²) in [5.74, 6) is -0.948. The van der Waals surface area contributed by atoms with E-state index in [1.165, 1.54) is 0 Å². The van der Waals surface area contributed by atoms with Gasteiger partial charge in [0, 0.05) is 0 Å². The van der Waals surface area contributed by atoms with Crippen molar-refractivity contribution in [3.05, 3.63) is 0 Å². The van der Waals surface area contributed by atoms with Crippen molar-refractivity contribution >= 4 is 17.6 Å². The van der Waals surface area contributed by atoms with Crippen molar-refractivity contribution in [2.24, 2.45) is 5.10 Å². The number of hydrazone groups is 1. The zero-order chi connectivity index (χ0) is 10.6. The van der Waals surface area contributed by atoms with Crippen LogP contribution in [-0.4, -0.2) is 35.7 Å². The summed E-state index contributed by atoms with van der Waals surface area (Å²) >= 11 is 0. The Morgan fingerprint density at radius 2 is 2.50 bits per heavy atom. The van der Waals surface area contributed by atoms with Crippen LogP contribution >= 0.6 is 0 Å². The summed E-state index contributed by atoms with van der Waals surface area (Å²) in [6.45, 7) is 1.77. The molecular formula is C8H9N3O3. The second kappa shape index (κ2) is 4.37. The standard InChI is InChI=1S/C8H9N3O3/c1-2-14-8(13)6-5-7(12)11(10-6)4-3-9/h2,4-5H2,1H3. The first-order valence-corrected chi connectivity index (χ1v) is 4.11. The molecular weight excluding hydrogens is 186 g/mol. The Hall–Kier alpha value is -1.90. The SMILES string of the molecule is CCOC(=O)C1=NN(CC#N)C(=O)C1. The molecule has 14 heavy (non-hydrogen) atoms. The highest BCUT2D eigenvalue weighted by molar-refractivity contribution is 6.41. The average Bonchev–Trinajstić information content (AvgIpc) is 2.49. The van der Waals surface area contributed by atoms with Gasteiger partial charge < -0.3 is 4.74 Å². The molecule has 0 saturated carbocycles. The number of esters is 1. The van der Waals surface area contributed by atoms with Crippen LogP contribution in [0, 0.1) is 11.3 Å². The maximum atomic E-state index is 11.1. The topological polar surface area (TPSA) is 82.8 Å². The van der Waals surface area contributed by atoms with Crippen molar-refractivity contribution < 1.29 is 14.3 Å². The molecule has 0 fully saturated rings. The van der Waals surface area contributed by atoms with Gasteiger partial charge in [0.05, 0.1) is 19.1 Å². The smallest absolute Gasteiger partial charge is 0.355 e. The number of carbonyl (C=O) groups excluding carboxylic acids is 2. The summed E-state index contributed by atoms with van der Waals surface area (Å²) in [6.07, 6.45) is -0.0828. The lowest BCUT2D eigenvalue weighted by atomic mass is 10.3. The van der Waals surface area contributed by atoms with E-state index in [9.17, 15) is 9.59 Å². The normalized spacial score (nSPS) is 15.0. The minimum Gasteiger partial charge on any atom is -0.461 e. The summed E-state index contributed by atoms with van der Waals surface area (Å²) in [5.41, 5.74) is 0.0621. The maximum absolute atomic E-state index is 11.1. The largest absolute Gasteiger partial charge is 0.461 e. The minimum absolute atomic E-state index is 0.0621. The van der Waals surface area contributed by atoms with E-state index in [1.807, 2.05) is 0 Å². The number of hydrogen-bond donors (Lipinski definition) is 0. The molecule has 6 nitrogen and oxygen atoms in total. The van der Waals surface area contributed by atoms with E-state index in [1.54, 1.807) is 13.0 Å². The van der Waals surface area contributed by atoms with Crippen LogP contribution in [0.1, 0.15) is 13.3 Å². The third-order valence-corrected chi connectivity index (χ3v) is 1.58. The Balaban J connectivity index is 2.66. The van der Waals surface area contributed by atoms with E-state index in [0.29, 0.717) is 0 Å². The molecule has 1 amide bonds. The van der Waals surface area contributed by atoms with Gasteiger partial charge in [-0.1, -0.05) is 0 Å². The molecule has 0 unspecified atom stereocenters. The van der Waals surface area contributed by atoms with Crippen LogP contribution in [0.2, 0.25) is 0 Å². The number of ether oxygens (including phenoxy) is 1. The lowest BCUT2D eigenvalue weighted by Gasteiger charge is -2.03. The fourth-order valence-electron chi connectivity index (χ4n) is 0.989. The Morgan fingerprint density at radius 1 is 1.79 bits per heavy atom. The van der Waals surface area contributed by atoms with Gasteiger partial charge in [-0.15, -0.1) is 0 Å². The van der Waals surface area contributed by atoms with E-state index in [4.69, 9.17) is 5.26 Å². The zero-order valence-corrected chi connectivity index (χ0v) is 7.69. The lowest BCUT2D eigenvalue weighted by Crippen LogP contribution is -2.20. The molecule has 0 aliphatic carbocycles. The van der Waals surface area contributed by atoms with Gasteiger partial charge in [0.15, 0.2) is 5.71 Å². The number of carbonyl (C=O) groups is 2. The monoisotopic (exact) mass is 195 g/mol. The van der Waals surface area contributed by atoms with Gasteiger partial charge in [-0.2, -0.15) is 10.4 Å².